The van der Waals surface area contributed by atoms with Crippen LogP contribution in [0.3, 0.4) is 0 Å². The molecule has 0 saturated heterocycles. The molecule has 0 spiro atoms. The first kappa shape index (κ1) is 27.1. The molecule has 2 aromatic rings. The maximum atomic E-state index is 13.4. The molecule has 0 amide bonds. The molecule has 34 heavy (non-hydrogen) atoms. The molecule has 2 atom stereocenters. The van der Waals surface area contributed by atoms with E-state index >= 15 is 0 Å². The molecule has 0 bridgehead atoms. The van der Waals surface area contributed by atoms with Crippen LogP contribution in [0.25, 0.3) is 11.8 Å². The van der Waals surface area contributed by atoms with Crippen molar-refractivity contribution in [1.29, 1.82) is 0 Å². The number of nitrogens with two attached hydrogens (primary N) is 1. The zero-order valence-corrected chi connectivity index (χ0v) is 19.6. The van der Waals surface area contributed by atoms with Crippen molar-refractivity contribution < 1.29 is 32.6 Å². The molecule has 0 aliphatic carbocycles. The van der Waals surface area contributed by atoms with Gasteiger partial charge >= 0.3 is 12.1 Å². The number of alkyl halides is 3. The van der Waals surface area contributed by atoms with Gasteiger partial charge in [0.05, 0.1) is 29.5 Å². The van der Waals surface area contributed by atoms with Crippen LogP contribution in [-0.4, -0.2) is 39.4 Å². The first-order valence-corrected chi connectivity index (χ1v) is 10.8. The standard InChI is InChI=1S/C24H30F3N3O4/c1-5-6-20(34-22(33)13-21(32)23(3,4)14-31)15(2)11-17-9-10-30(29-17)19-8-7-16(28)12-18(19)24(25,26)27/h7-12,14,20-21,32H,5-6,13,28H2,1-4H3/b15-11+/t20-,21-/m0/s1. The van der Waals surface area contributed by atoms with E-state index in [9.17, 15) is 27.9 Å². The summed E-state index contributed by atoms with van der Waals surface area (Å²) in [6.45, 7) is 6.68. The van der Waals surface area contributed by atoms with Crippen LogP contribution in [0.1, 0.15) is 58.2 Å². The van der Waals surface area contributed by atoms with Gasteiger partial charge in [0, 0.05) is 17.3 Å². The molecule has 10 heteroatoms. The van der Waals surface area contributed by atoms with Crippen molar-refractivity contribution in [3.63, 3.8) is 0 Å². The summed E-state index contributed by atoms with van der Waals surface area (Å²) in [5.41, 5.74) is 4.37. The van der Waals surface area contributed by atoms with Crippen molar-refractivity contribution >= 4 is 24.0 Å². The van der Waals surface area contributed by atoms with Gasteiger partial charge in [0.25, 0.3) is 0 Å². The zero-order chi connectivity index (χ0) is 25.7. The van der Waals surface area contributed by atoms with Crippen molar-refractivity contribution in [3.8, 4) is 5.69 Å². The number of rotatable bonds is 10. The molecule has 7 nitrogen and oxygen atoms in total. The highest BCUT2D eigenvalue weighted by atomic mass is 19.4. The Morgan fingerprint density at radius 1 is 1.29 bits per heavy atom. The van der Waals surface area contributed by atoms with Crippen LogP contribution in [0.2, 0.25) is 0 Å². The van der Waals surface area contributed by atoms with Gasteiger partial charge in [0.1, 0.15) is 12.4 Å². The molecule has 0 aliphatic rings. The average Bonchev–Trinajstić information content (AvgIpc) is 3.20. The Morgan fingerprint density at radius 3 is 2.56 bits per heavy atom. The summed E-state index contributed by atoms with van der Waals surface area (Å²) >= 11 is 0. The third kappa shape index (κ3) is 6.93. The molecular weight excluding hydrogens is 451 g/mol. The Kier molecular flexibility index (Phi) is 8.66. The molecule has 0 aliphatic heterocycles. The molecule has 1 aromatic heterocycles. The van der Waals surface area contributed by atoms with Gasteiger partial charge in [-0.3, -0.25) is 4.79 Å². The van der Waals surface area contributed by atoms with E-state index < -0.39 is 35.3 Å². The number of aromatic nitrogens is 2. The van der Waals surface area contributed by atoms with Gasteiger partial charge in [-0.2, -0.15) is 18.3 Å². The molecule has 0 saturated carbocycles. The Bertz CT molecular complexity index is 1040. The number of carbonyl (C=O) groups is 2. The van der Waals surface area contributed by atoms with E-state index in [4.69, 9.17) is 10.5 Å². The smallest absolute Gasteiger partial charge is 0.418 e. The van der Waals surface area contributed by atoms with Crippen LogP contribution in [0.5, 0.6) is 0 Å². The van der Waals surface area contributed by atoms with E-state index in [0.717, 1.165) is 10.7 Å². The van der Waals surface area contributed by atoms with Crippen molar-refractivity contribution in [2.24, 2.45) is 5.41 Å². The number of aliphatic hydroxyl groups excluding tert-OH is 1. The first-order valence-electron chi connectivity index (χ1n) is 10.8. The molecule has 3 N–H and O–H groups in total. The van der Waals surface area contributed by atoms with Crippen LogP contribution in [-0.2, 0) is 20.5 Å². The van der Waals surface area contributed by atoms with Gasteiger partial charge in [-0.25, -0.2) is 4.68 Å². The number of benzene rings is 1. The zero-order valence-electron chi connectivity index (χ0n) is 19.6. The number of aldehydes is 1. The van der Waals surface area contributed by atoms with E-state index in [1.165, 1.54) is 32.2 Å². The molecule has 2 rings (SSSR count). The van der Waals surface area contributed by atoms with E-state index in [2.05, 4.69) is 5.10 Å². The monoisotopic (exact) mass is 481 g/mol. The summed E-state index contributed by atoms with van der Waals surface area (Å²) in [6.07, 6.45) is -1.95. The molecule has 186 valence electrons. The number of aliphatic hydroxyl groups is 1. The lowest BCUT2D eigenvalue weighted by atomic mass is 9.86. The largest absolute Gasteiger partial charge is 0.458 e. The Hall–Kier alpha value is -3.14. The normalized spacial score (nSPS) is 14.5. The van der Waals surface area contributed by atoms with Crippen molar-refractivity contribution in [2.45, 2.75) is 65.3 Å². The van der Waals surface area contributed by atoms with Crippen LogP contribution < -0.4 is 5.73 Å². The predicted octanol–water partition coefficient (Wildman–Crippen LogP) is 4.56. The third-order valence-corrected chi connectivity index (χ3v) is 5.41. The lowest BCUT2D eigenvalue weighted by Gasteiger charge is -2.25. The molecule has 1 heterocycles. The molecule has 0 radical (unpaired) electrons. The van der Waals surface area contributed by atoms with Gasteiger partial charge in [-0.1, -0.05) is 27.2 Å². The minimum Gasteiger partial charge on any atom is -0.458 e. The summed E-state index contributed by atoms with van der Waals surface area (Å²) in [6, 6.07) is 5.01. The number of ether oxygens (including phenoxy) is 1. The lowest BCUT2D eigenvalue weighted by molar-refractivity contribution is -0.152. The topological polar surface area (TPSA) is 107 Å². The van der Waals surface area contributed by atoms with Crippen LogP contribution >= 0.6 is 0 Å². The van der Waals surface area contributed by atoms with Crippen LogP contribution in [0.4, 0.5) is 18.9 Å². The summed E-state index contributed by atoms with van der Waals surface area (Å²) < 4.78 is 46.9. The second kappa shape index (κ2) is 10.9. The number of anilines is 1. The van der Waals surface area contributed by atoms with E-state index in [1.807, 2.05) is 6.92 Å². The van der Waals surface area contributed by atoms with Crippen LogP contribution in [0, 0.1) is 5.41 Å². The van der Waals surface area contributed by atoms with Crippen molar-refractivity contribution in [2.75, 3.05) is 5.73 Å². The van der Waals surface area contributed by atoms with Gasteiger partial charge in [0.15, 0.2) is 0 Å². The Balaban J connectivity index is 2.23. The number of nitrogens with zero attached hydrogens (tertiary/aromatic N) is 2. The van der Waals surface area contributed by atoms with Crippen molar-refractivity contribution in [3.05, 3.63) is 47.3 Å². The van der Waals surface area contributed by atoms with E-state index in [1.54, 1.807) is 19.1 Å². The highest BCUT2D eigenvalue weighted by Gasteiger charge is 2.34. The Labute approximate surface area is 196 Å². The summed E-state index contributed by atoms with van der Waals surface area (Å²) in [5, 5.41) is 14.3. The fourth-order valence-electron chi connectivity index (χ4n) is 3.20. The maximum Gasteiger partial charge on any atom is 0.418 e. The maximum absolute atomic E-state index is 13.4. The van der Waals surface area contributed by atoms with Crippen molar-refractivity contribution in [1.82, 2.24) is 9.78 Å². The van der Waals surface area contributed by atoms with Gasteiger partial charge in [-0.15, -0.1) is 0 Å². The summed E-state index contributed by atoms with van der Waals surface area (Å²) in [4.78, 5) is 23.4. The quantitative estimate of drug-likeness (QED) is 0.293. The van der Waals surface area contributed by atoms with Gasteiger partial charge in [0.2, 0.25) is 0 Å². The number of carbonyl (C=O) groups excluding carboxylic acids is 2. The predicted molar refractivity (Wildman–Crippen MR) is 122 cm³/mol. The number of esters is 1. The van der Waals surface area contributed by atoms with Crippen LogP contribution in [0.15, 0.2) is 36.0 Å². The first-order chi connectivity index (χ1) is 15.8. The third-order valence-electron chi connectivity index (χ3n) is 5.41. The number of hydrogen-bond acceptors (Lipinski definition) is 6. The SMILES string of the molecule is CCC[C@H](OC(=O)C[C@H](O)C(C)(C)C=O)/C(C)=C/c1ccn(-c2ccc(N)cc2C(F)(F)F)n1. The molecule has 0 unspecified atom stereocenters. The lowest BCUT2D eigenvalue weighted by Crippen LogP contribution is -2.34. The van der Waals surface area contributed by atoms with Gasteiger partial charge in [-0.05, 0) is 49.3 Å². The van der Waals surface area contributed by atoms with Gasteiger partial charge < -0.3 is 20.4 Å². The molecular formula is C24H30F3N3O4. The summed E-state index contributed by atoms with van der Waals surface area (Å²) in [7, 11) is 0. The second-order valence-electron chi connectivity index (χ2n) is 8.77. The molecule has 1 aromatic carbocycles. The second-order valence-corrected chi connectivity index (χ2v) is 8.77. The highest BCUT2D eigenvalue weighted by molar-refractivity contribution is 5.72. The van der Waals surface area contributed by atoms with E-state index in [-0.39, 0.29) is 17.8 Å². The minimum atomic E-state index is -4.61. The fraction of sp³-hybridized carbons (Fsp3) is 0.458. The highest BCUT2D eigenvalue weighted by Crippen LogP contribution is 2.35. The minimum absolute atomic E-state index is 0.00920. The summed E-state index contributed by atoms with van der Waals surface area (Å²) in [5.74, 6) is -0.657. The van der Waals surface area contributed by atoms with E-state index in [0.29, 0.717) is 30.4 Å². The number of hydrogen-bond donors (Lipinski definition) is 2. The average molecular weight is 482 g/mol. The molecule has 0 fully saturated rings. The fourth-order valence-corrected chi connectivity index (χ4v) is 3.20. The number of halogens is 3. The number of nitrogen functional groups attached to an aromatic ring is 1. The Morgan fingerprint density at radius 2 is 1.97 bits per heavy atom.